The Balaban J connectivity index is 2.05. The molecule has 0 saturated carbocycles. The molecule has 5 heteroatoms. The number of benzene rings is 3. The molecule has 1 aliphatic rings. The van der Waals surface area contributed by atoms with Crippen LogP contribution in [0.15, 0.2) is 66.7 Å². The van der Waals surface area contributed by atoms with Gasteiger partial charge in [0.05, 0.1) is 0 Å². The second kappa shape index (κ2) is 5.53. The molecule has 0 aromatic heterocycles. The van der Waals surface area contributed by atoms with Crippen LogP contribution < -0.4 is 4.74 Å². The molecule has 0 bridgehead atoms. The van der Waals surface area contributed by atoms with E-state index in [1.807, 2.05) is 0 Å². The van der Waals surface area contributed by atoms with E-state index in [9.17, 15) is 15.0 Å². The fourth-order valence-corrected chi connectivity index (χ4v) is 3.44. The van der Waals surface area contributed by atoms with Crippen LogP contribution in [0.1, 0.15) is 16.7 Å². The van der Waals surface area contributed by atoms with Crippen LogP contribution in [-0.2, 0) is 10.2 Å². The molecule has 3 aromatic carbocycles. The quantitative estimate of drug-likeness (QED) is 0.540. The highest BCUT2D eigenvalue weighted by molar-refractivity contribution is 6.30. The van der Waals surface area contributed by atoms with Crippen molar-refractivity contribution in [3.63, 3.8) is 0 Å². The molecule has 4 rings (SSSR count). The van der Waals surface area contributed by atoms with E-state index < -0.39 is 11.4 Å². The van der Waals surface area contributed by atoms with Crippen LogP contribution in [0, 0.1) is 0 Å². The molecular formula is C20H13ClO4. The van der Waals surface area contributed by atoms with Crippen LogP contribution in [0.4, 0.5) is 0 Å². The molecule has 0 amide bonds. The van der Waals surface area contributed by atoms with E-state index in [-0.39, 0.29) is 11.5 Å². The van der Waals surface area contributed by atoms with E-state index >= 15 is 0 Å². The minimum atomic E-state index is -1.19. The van der Waals surface area contributed by atoms with Gasteiger partial charge in [-0.15, -0.1) is 0 Å². The van der Waals surface area contributed by atoms with Crippen LogP contribution in [0.2, 0.25) is 5.02 Å². The topological polar surface area (TPSA) is 66.8 Å². The molecule has 1 heterocycles. The lowest BCUT2D eigenvalue weighted by Crippen LogP contribution is -2.36. The van der Waals surface area contributed by atoms with Crippen molar-refractivity contribution < 1.29 is 19.7 Å². The third-order valence-corrected chi connectivity index (χ3v) is 4.71. The summed E-state index contributed by atoms with van der Waals surface area (Å²) in [6.07, 6.45) is 0. The molecule has 1 aliphatic heterocycles. The minimum absolute atomic E-state index is 0.0177. The van der Waals surface area contributed by atoms with Gasteiger partial charge in [0, 0.05) is 16.7 Å². The Morgan fingerprint density at radius 1 is 0.800 bits per heavy atom. The molecule has 124 valence electrons. The van der Waals surface area contributed by atoms with Gasteiger partial charge in [-0.05, 0) is 47.5 Å². The number of carbonyl (C=O) groups excluding carboxylic acids is 1. The second-order valence-electron chi connectivity index (χ2n) is 5.87. The average molecular weight is 353 g/mol. The van der Waals surface area contributed by atoms with Crippen LogP contribution in [-0.4, -0.2) is 16.2 Å². The average Bonchev–Trinajstić information content (AvgIpc) is 2.88. The molecule has 3 aromatic rings. The van der Waals surface area contributed by atoms with Gasteiger partial charge in [0.2, 0.25) is 0 Å². The summed E-state index contributed by atoms with van der Waals surface area (Å²) in [7, 11) is 0. The van der Waals surface area contributed by atoms with Gasteiger partial charge in [0.1, 0.15) is 22.7 Å². The highest BCUT2D eigenvalue weighted by Crippen LogP contribution is 2.50. The maximum Gasteiger partial charge on any atom is 0.331 e. The largest absolute Gasteiger partial charge is 0.508 e. The Hall–Kier alpha value is -2.98. The van der Waals surface area contributed by atoms with Crippen LogP contribution in [0.5, 0.6) is 17.2 Å². The first-order valence-electron chi connectivity index (χ1n) is 7.63. The molecule has 1 atom stereocenters. The first-order chi connectivity index (χ1) is 12.0. The van der Waals surface area contributed by atoms with Crippen LogP contribution in [0.25, 0.3) is 0 Å². The maximum absolute atomic E-state index is 13.0. The lowest BCUT2D eigenvalue weighted by atomic mass is 9.70. The smallest absolute Gasteiger partial charge is 0.331 e. The van der Waals surface area contributed by atoms with E-state index in [0.717, 1.165) is 0 Å². The number of carbonyl (C=O) groups is 1. The van der Waals surface area contributed by atoms with Gasteiger partial charge in [-0.1, -0.05) is 35.9 Å². The molecule has 0 spiro atoms. The van der Waals surface area contributed by atoms with Gasteiger partial charge < -0.3 is 14.9 Å². The van der Waals surface area contributed by atoms with Gasteiger partial charge in [-0.25, -0.2) is 4.79 Å². The number of hydrogen-bond donors (Lipinski definition) is 2. The van der Waals surface area contributed by atoms with Crippen molar-refractivity contribution >= 4 is 17.6 Å². The number of halogens is 1. The number of aromatic hydroxyl groups is 2. The lowest BCUT2D eigenvalue weighted by Gasteiger charge is -2.27. The molecule has 0 fully saturated rings. The Morgan fingerprint density at radius 3 is 2.00 bits per heavy atom. The molecule has 0 saturated heterocycles. The SMILES string of the molecule is O=C1Oc2cc(O)ccc2C1(c1ccc(O)cc1)c1ccc(Cl)cc1. The van der Waals surface area contributed by atoms with E-state index in [1.54, 1.807) is 42.5 Å². The van der Waals surface area contributed by atoms with Crippen LogP contribution in [0.3, 0.4) is 0 Å². The third kappa shape index (κ3) is 2.26. The fourth-order valence-electron chi connectivity index (χ4n) is 3.32. The van der Waals surface area contributed by atoms with Crippen molar-refractivity contribution in [3.05, 3.63) is 88.4 Å². The first kappa shape index (κ1) is 15.5. The number of rotatable bonds is 2. The summed E-state index contributed by atoms with van der Waals surface area (Å²) in [4.78, 5) is 13.0. The Morgan fingerprint density at radius 2 is 1.36 bits per heavy atom. The number of hydrogen-bond acceptors (Lipinski definition) is 4. The summed E-state index contributed by atoms with van der Waals surface area (Å²) < 4.78 is 5.48. The minimum Gasteiger partial charge on any atom is -0.508 e. The van der Waals surface area contributed by atoms with Crippen molar-refractivity contribution in [1.82, 2.24) is 0 Å². The molecule has 1 unspecified atom stereocenters. The zero-order valence-corrected chi connectivity index (χ0v) is 13.7. The zero-order chi connectivity index (χ0) is 17.6. The zero-order valence-electron chi connectivity index (χ0n) is 12.9. The Bertz CT molecular complexity index is 916. The fraction of sp³-hybridized carbons (Fsp3) is 0.0500. The van der Waals surface area contributed by atoms with Gasteiger partial charge >= 0.3 is 5.97 Å². The summed E-state index contributed by atoms with van der Waals surface area (Å²) in [5.41, 5.74) is 0.781. The van der Waals surface area contributed by atoms with Gasteiger partial charge in [0.15, 0.2) is 0 Å². The van der Waals surface area contributed by atoms with Crippen molar-refractivity contribution in [1.29, 1.82) is 0 Å². The molecule has 25 heavy (non-hydrogen) atoms. The van der Waals surface area contributed by atoms with E-state index in [4.69, 9.17) is 16.3 Å². The number of esters is 1. The van der Waals surface area contributed by atoms with Crippen molar-refractivity contribution in [2.75, 3.05) is 0 Å². The number of fused-ring (bicyclic) bond motifs is 1. The first-order valence-corrected chi connectivity index (χ1v) is 8.01. The summed E-state index contributed by atoms with van der Waals surface area (Å²) >= 11 is 6.01. The lowest BCUT2D eigenvalue weighted by molar-refractivity contribution is -0.135. The monoisotopic (exact) mass is 352 g/mol. The summed E-state index contributed by atoms with van der Waals surface area (Å²) in [5.74, 6) is -0.0365. The van der Waals surface area contributed by atoms with Crippen molar-refractivity contribution in [2.24, 2.45) is 0 Å². The van der Waals surface area contributed by atoms with Crippen molar-refractivity contribution in [3.8, 4) is 17.2 Å². The molecule has 4 nitrogen and oxygen atoms in total. The Labute approximate surface area is 148 Å². The van der Waals surface area contributed by atoms with E-state index in [2.05, 4.69) is 0 Å². The van der Waals surface area contributed by atoms with E-state index in [0.29, 0.717) is 27.5 Å². The number of phenolic OH excluding ortho intramolecular Hbond substituents is 2. The van der Waals surface area contributed by atoms with Crippen LogP contribution >= 0.6 is 11.6 Å². The highest BCUT2D eigenvalue weighted by atomic mass is 35.5. The van der Waals surface area contributed by atoms with Gasteiger partial charge in [-0.2, -0.15) is 0 Å². The molecule has 0 radical (unpaired) electrons. The summed E-state index contributed by atoms with van der Waals surface area (Å²) in [5, 5.41) is 19.9. The Kier molecular flexibility index (Phi) is 3.44. The molecule has 2 N–H and O–H groups in total. The van der Waals surface area contributed by atoms with E-state index in [1.165, 1.54) is 24.3 Å². The molecule has 0 aliphatic carbocycles. The van der Waals surface area contributed by atoms with Gasteiger partial charge in [0.25, 0.3) is 0 Å². The highest BCUT2D eigenvalue weighted by Gasteiger charge is 2.52. The second-order valence-corrected chi connectivity index (χ2v) is 6.31. The predicted octanol–water partition coefficient (Wildman–Crippen LogP) is 4.00. The maximum atomic E-state index is 13.0. The summed E-state index contributed by atoms with van der Waals surface area (Å²) in [6, 6.07) is 18.0. The van der Waals surface area contributed by atoms with Crippen molar-refractivity contribution in [2.45, 2.75) is 5.41 Å². The van der Waals surface area contributed by atoms with Gasteiger partial charge in [-0.3, -0.25) is 0 Å². The number of ether oxygens (including phenoxy) is 1. The molecular weight excluding hydrogens is 340 g/mol. The normalized spacial score (nSPS) is 18.7. The number of phenols is 2. The summed E-state index contributed by atoms with van der Waals surface area (Å²) in [6.45, 7) is 0. The third-order valence-electron chi connectivity index (χ3n) is 4.46. The predicted molar refractivity (Wildman–Crippen MR) is 93.2 cm³/mol. The standard InChI is InChI=1S/C20H13ClO4/c21-14-5-1-12(2-6-14)20(13-3-7-15(22)8-4-13)17-10-9-16(23)11-18(17)25-19(20)24/h1-11,22-23H.